The summed E-state index contributed by atoms with van der Waals surface area (Å²) in [6.07, 6.45) is 3.16. The molecular formula is C36H42ClN5O2. The first-order chi connectivity index (χ1) is 21.4. The number of aromatic nitrogens is 1. The maximum Gasteiger partial charge on any atom is 0.263 e. The van der Waals surface area contributed by atoms with Crippen LogP contribution in [-0.2, 0) is 6.54 Å². The van der Waals surface area contributed by atoms with Crippen molar-refractivity contribution in [3.8, 4) is 5.69 Å². The van der Waals surface area contributed by atoms with Crippen molar-refractivity contribution in [3.05, 3.63) is 111 Å². The van der Waals surface area contributed by atoms with E-state index in [0.717, 1.165) is 51.3 Å². The molecule has 0 radical (unpaired) electrons. The molecule has 0 saturated carbocycles. The lowest BCUT2D eigenvalue weighted by Crippen LogP contribution is -2.52. The van der Waals surface area contributed by atoms with Crippen LogP contribution in [0.4, 0.5) is 0 Å². The summed E-state index contributed by atoms with van der Waals surface area (Å²) in [5.74, 6) is -0.173. The van der Waals surface area contributed by atoms with Crippen molar-refractivity contribution in [2.75, 3.05) is 46.3 Å². The van der Waals surface area contributed by atoms with Crippen molar-refractivity contribution in [1.82, 2.24) is 24.6 Å². The van der Waals surface area contributed by atoms with E-state index in [4.69, 9.17) is 11.6 Å². The average molecular weight is 612 g/mol. The Morgan fingerprint density at radius 2 is 1.57 bits per heavy atom. The minimum absolute atomic E-state index is 0.144. The first-order valence-electron chi connectivity index (χ1n) is 15.9. The number of fused-ring (bicyclic) bond motifs is 1. The van der Waals surface area contributed by atoms with Gasteiger partial charge < -0.3 is 10.2 Å². The van der Waals surface area contributed by atoms with Gasteiger partial charge in [0.2, 0.25) is 0 Å². The molecule has 8 heteroatoms. The molecule has 1 N–H and O–H groups in total. The van der Waals surface area contributed by atoms with Gasteiger partial charge >= 0.3 is 0 Å². The van der Waals surface area contributed by atoms with E-state index in [-0.39, 0.29) is 17.5 Å². The van der Waals surface area contributed by atoms with E-state index >= 15 is 0 Å². The van der Waals surface area contributed by atoms with Crippen LogP contribution in [0.5, 0.6) is 0 Å². The van der Waals surface area contributed by atoms with Crippen molar-refractivity contribution in [3.63, 3.8) is 0 Å². The molecule has 44 heavy (non-hydrogen) atoms. The van der Waals surface area contributed by atoms with E-state index in [1.54, 1.807) is 16.7 Å². The van der Waals surface area contributed by atoms with E-state index in [0.29, 0.717) is 45.3 Å². The van der Waals surface area contributed by atoms with Crippen LogP contribution >= 0.6 is 11.6 Å². The van der Waals surface area contributed by atoms with E-state index in [9.17, 15) is 9.59 Å². The number of halogens is 1. The molecule has 2 aliphatic rings. The number of carbonyl (C=O) groups excluding carboxylic acids is 1. The normalized spacial score (nSPS) is 18.0. The molecule has 1 amide bonds. The van der Waals surface area contributed by atoms with Crippen LogP contribution < -0.4 is 10.9 Å². The molecule has 7 nitrogen and oxygen atoms in total. The summed E-state index contributed by atoms with van der Waals surface area (Å²) in [5, 5.41) is 5.06. The Morgan fingerprint density at radius 1 is 0.886 bits per heavy atom. The number of nitrogens with one attached hydrogen (secondary N) is 1. The zero-order valence-electron chi connectivity index (χ0n) is 25.7. The second-order valence-corrected chi connectivity index (χ2v) is 12.6. The van der Waals surface area contributed by atoms with Gasteiger partial charge in [-0.2, -0.15) is 0 Å². The van der Waals surface area contributed by atoms with E-state index in [1.807, 2.05) is 66.7 Å². The predicted molar refractivity (Wildman–Crippen MR) is 179 cm³/mol. The molecule has 0 spiro atoms. The van der Waals surface area contributed by atoms with Crippen molar-refractivity contribution >= 4 is 28.3 Å². The fourth-order valence-corrected chi connectivity index (χ4v) is 7.07. The number of piperazine rings is 1. The highest BCUT2D eigenvalue weighted by atomic mass is 35.5. The Morgan fingerprint density at radius 3 is 2.25 bits per heavy atom. The lowest BCUT2D eigenvalue weighted by Gasteiger charge is -2.42. The van der Waals surface area contributed by atoms with Gasteiger partial charge in [0.05, 0.1) is 23.0 Å². The maximum absolute atomic E-state index is 14.4. The summed E-state index contributed by atoms with van der Waals surface area (Å²) in [7, 11) is 2.20. The zero-order chi connectivity index (χ0) is 30.6. The second-order valence-electron chi connectivity index (χ2n) is 12.2. The van der Waals surface area contributed by atoms with Gasteiger partial charge in [-0.1, -0.05) is 73.1 Å². The molecule has 0 bridgehead atoms. The van der Waals surface area contributed by atoms with Crippen LogP contribution in [0.15, 0.2) is 83.7 Å². The number of amides is 1. The minimum Gasteiger partial charge on any atom is -0.345 e. The summed E-state index contributed by atoms with van der Waals surface area (Å²) >= 11 is 6.45. The van der Waals surface area contributed by atoms with Crippen LogP contribution in [0.1, 0.15) is 53.8 Å². The van der Waals surface area contributed by atoms with Crippen molar-refractivity contribution < 1.29 is 4.79 Å². The van der Waals surface area contributed by atoms with Crippen LogP contribution in [0.2, 0.25) is 5.02 Å². The first kappa shape index (κ1) is 30.5. The van der Waals surface area contributed by atoms with Gasteiger partial charge in [-0.3, -0.25) is 24.0 Å². The number of rotatable bonds is 8. The highest BCUT2D eigenvalue weighted by Gasteiger charge is 2.30. The number of likely N-dealkylation sites (tertiary alicyclic amines) is 1. The highest BCUT2D eigenvalue weighted by Crippen LogP contribution is 2.27. The Labute approximate surface area is 265 Å². The highest BCUT2D eigenvalue weighted by molar-refractivity contribution is 6.30. The number of carbonyl (C=O) groups is 1. The third-order valence-electron chi connectivity index (χ3n) is 9.38. The summed E-state index contributed by atoms with van der Waals surface area (Å²) in [5.41, 5.74) is 2.82. The Balaban J connectivity index is 1.40. The maximum atomic E-state index is 14.4. The largest absolute Gasteiger partial charge is 0.345 e. The molecule has 3 heterocycles. The molecule has 1 atom stereocenters. The number of hydrogen-bond donors (Lipinski definition) is 1. The van der Waals surface area contributed by atoms with Gasteiger partial charge in [-0.15, -0.1) is 0 Å². The Hall–Kier alpha value is -3.49. The van der Waals surface area contributed by atoms with Gasteiger partial charge in [0.15, 0.2) is 0 Å². The Bertz CT molecular complexity index is 1660. The number of hydrogen-bond acceptors (Lipinski definition) is 5. The minimum atomic E-state index is -0.173. The van der Waals surface area contributed by atoms with E-state index in [1.165, 1.54) is 12.8 Å². The van der Waals surface area contributed by atoms with Gasteiger partial charge in [0, 0.05) is 54.6 Å². The molecule has 230 valence electrons. The van der Waals surface area contributed by atoms with Crippen LogP contribution in [-0.4, -0.2) is 77.5 Å². The standard InChI is InChI=1S/C36H42ClN5O2/c1-3-32(26-10-5-4-6-11-26)38-35(43)34-30-14-7-8-15-31(30)36(44)42(29-13-9-12-27(37)24-29)33(34)25-40-20-22-41(23-21-40)28-16-18-39(2)19-17-28/h4-15,24,28,32H,3,16-23,25H2,1-2H3,(H,38,43)/t32-/m0/s1. The fourth-order valence-electron chi connectivity index (χ4n) is 6.88. The average Bonchev–Trinajstić information content (AvgIpc) is 3.05. The van der Waals surface area contributed by atoms with E-state index in [2.05, 4.69) is 34.0 Å². The van der Waals surface area contributed by atoms with Crippen molar-refractivity contribution in [2.45, 2.75) is 44.8 Å². The van der Waals surface area contributed by atoms with Gasteiger partial charge in [-0.05, 0) is 69.2 Å². The molecule has 2 fully saturated rings. The summed E-state index contributed by atoms with van der Waals surface area (Å²) < 4.78 is 1.72. The summed E-state index contributed by atoms with van der Waals surface area (Å²) in [6.45, 7) is 8.58. The molecule has 2 saturated heterocycles. The molecule has 4 aromatic rings. The van der Waals surface area contributed by atoms with Crippen LogP contribution in [0, 0.1) is 0 Å². The smallest absolute Gasteiger partial charge is 0.263 e. The predicted octanol–water partition coefficient (Wildman–Crippen LogP) is 5.74. The quantitative estimate of drug-likeness (QED) is 0.275. The first-order valence-corrected chi connectivity index (χ1v) is 16.2. The molecule has 2 aliphatic heterocycles. The number of pyridine rings is 1. The monoisotopic (exact) mass is 611 g/mol. The molecule has 0 aliphatic carbocycles. The molecule has 3 aromatic carbocycles. The SMILES string of the molecule is CC[C@H](NC(=O)c1c(CN2CCN(C3CCN(C)CC3)CC2)n(-c2cccc(Cl)c2)c(=O)c2ccccc12)c1ccccc1. The molecule has 0 unspecified atom stereocenters. The molecule has 1 aromatic heterocycles. The topological polar surface area (TPSA) is 60.8 Å². The van der Waals surface area contributed by atoms with Crippen molar-refractivity contribution in [2.24, 2.45) is 0 Å². The van der Waals surface area contributed by atoms with Gasteiger partial charge in [-0.25, -0.2) is 0 Å². The van der Waals surface area contributed by atoms with Crippen LogP contribution in [0.25, 0.3) is 16.5 Å². The Kier molecular flexibility index (Phi) is 9.47. The fraction of sp³-hybridized carbons (Fsp3) is 0.389. The van der Waals surface area contributed by atoms with Gasteiger partial charge in [0.1, 0.15) is 0 Å². The lowest BCUT2D eigenvalue weighted by molar-refractivity contribution is 0.0609. The third kappa shape index (κ3) is 6.47. The summed E-state index contributed by atoms with van der Waals surface area (Å²) in [6, 6.07) is 25.4. The zero-order valence-corrected chi connectivity index (χ0v) is 26.5. The van der Waals surface area contributed by atoms with E-state index < -0.39 is 0 Å². The summed E-state index contributed by atoms with van der Waals surface area (Å²) in [4.78, 5) is 36.1. The van der Waals surface area contributed by atoms with Crippen molar-refractivity contribution in [1.29, 1.82) is 0 Å². The number of benzene rings is 3. The van der Waals surface area contributed by atoms with Crippen LogP contribution in [0.3, 0.4) is 0 Å². The molecule has 6 rings (SSSR count). The number of nitrogens with zero attached hydrogens (tertiary/aromatic N) is 4. The third-order valence-corrected chi connectivity index (χ3v) is 9.62. The molecular weight excluding hydrogens is 570 g/mol. The second kappa shape index (κ2) is 13.7. The number of piperidine rings is 1. The lowest BCUT2D eigenvalue weighted by atomic mass is 9.99. The van der Waals surface area contributed by atoms with Gasteiger partial charge in [0.25, 0.3) is 11.5 Å².